The summed E-state index contributed by atoms with van der Waals surface area (Å²) < 4.78 is 10.6. The molecule has 0 unspecified atom stereocenters. The molecular formula is C22H22N2O5S. The lowest BCUT2D eigenvalue weighted by Gasteiger charge is -2.13. The largest absolute Gasteiger partial charge is 0.493 e. The van der Waals surface area contributed by atoms with E-state index in [1.54, 1.807) is 36.4 Å². The molecule has 7 nitrogen and oxygen atoms in total. The van der Waals surface area contributed by atoms with Crippen molar-refractivity contribution in [3.8, 4) is 11.5 Å². The number of imide groups is 1. The molecule has 0 spiro atoms. The number of rotatable bonds is 7. The van der Waals surface area contributed by atoms with Gasteiger partial charge in [-0.1, -0.05) is 31.2 Å². The fraction of sp³-hybridized carbons (Fsp3) is 0.227. The predicted octanol–water partition coefficient (Wildman–Crippen LogP) is 3.94. The van der Waals surface area contributed by atoms with Gasteiger partial charge in [-0.15, -0.1) is 0 Å². The Bertz CT molecular complexity index is 1000. The van der Waals surface area contributed by atoms with E-state index in [9.17, 15) is 14.4 Å². The highest BCUT2D eigenvalue weighted by Gasteiger charge is 2.36. The summed E-state index contributed by atoms with van der Waals surface area (Å²) in [6, 6.07) is 12.7. The number of carbonyl (C=O) groups excluding carboxylic acids is 3. The van der Waals surface area contributed by atoms with Gasteiger partial charge in [0.05, 0.1) is 19.1 Å². The van der Waals surface area contributed by atoms with Gasteiger partial charge < -0.3 is 14.8 Å². The third kappa shape index (κ3) is 4.65. The van der Waals surface area contributed by atoms with Crippen LogP contribution in [0.25, 0.3) is 6.08 Å². The maximum Gasteiger partial charge on any atom is 0.294 e. The molecule has 0 radical (unpaired) electrons. The average molecular weight is 426 g/mol. The molecule has 0 bridgehead atoms. The number of anilines is 1. The second-order valence-electron chi connectivity index (χ2n) is 6.45. The highest BCUT2D eigenvalue weighted by Crippen LogP contribution is 2.37. The van der Waals surface area contributed by atoms with Gasteiger partial charge in [-0.2, -0.15) is 0 Å². The fourth-order valence-electron chi connectivity index (χ4n) is 2.97. The zero-order chi connectivity index (χ0) is 21.7. The molecule has 1 aliphatic rings. The number of nitrogens with zero attached hydrogens (tertiary/aromatic N) is 1. The number of amides is 3. The van der Waals surface area contributed by atoms with Crippen LogP contribution in [0, 0.1) is 0 Å². The van der Waals surface area contributed by atoms with Gasteiger partial charge in [-0.05, 0) is 48.0 Å². The van der Waals surface area contributed by atoms with Crippen LogP contribution in [0.4, 0.5) is 10.5 Å². The number of aryl methyl sites for hydroxylation is 1. The fourth-order valence-corrected chi connectivity index (χ4v) is 3.80. The molecule has 0 aliphatic carbocycles. The summed E-state index contributed by atoms with van der Waals surface area (Å²) in [6.07, 6.45) is 2.46. The van der Waals surface area contributed by atoms with Crippen LogP contribution in [0.1, 0.15) is 18.1 Å². The Hall–Kier alpha value is -3.26. The lowest BCUT2D eigenvalue weighted by atomic mass is 10.1. The second-order valence-corrected chi connectivity index (χ2v) is 7.44. The van der Waals surface area contributed by atoms with E-state index in [0.29, 0.717) is 22.7 Å². The molecule has 3 rings (SSSR count). The molecule has 156 valence electrons. The minimum Gasteiger partial charge on any atom is -0.493 e. The number of ether oxygens (including phenoxy) is 2. The maximum atomic E-state index is 12.7. The first-order valence-electron chi connectivity index (χ1n) is 9.32. The molecule has 0 atom stereocenters. The van der Waals surface area contributed by atoms with E-state index >= 15 is 0 Å². The number of hydrogen-bond donors (Lipinski definition) is 1. The van der Waals surface area contributed by atoms with Crippen molar-refractivity contribution in [3.05, 3.63) is 58.5 Å². The monoisotopic (exact) mass is 426 g/mol. The van der Waals surface area contributed by atoms with E-state index in [0.717, 1.165) is 28.6 Å². The van der Waals surface area contributed by atoms with Gasteiger partial charge >= 0.3 is 0 Å². The molecule has 1 saturated heterocycles. The Kier molecular flexibility index (Phi) is 6.79. The summed E-state index contributed by atoms with van der Waals surface area (Å²) in [5.41, 5.74) is 2.36. The van der Waals surface area contributed by atoms with Crippen molar-refractivity contribution in [3.63, 3.8) is 0 Å². The molecule has 1 aliphatic heterocycles. The average Bonchev–Trinajstić information content (AvgIpc) is 3.01. The normalized spacial score (nSPS) is 14.9. The van der Waals surface area contributed by atoms with E-state index in [4.69, 9.17) is 9.47 Å². The van der Waals surface area contributed by atoms with Gasteiger partial charge in [0.2, 0.25) is 5.91 Å². The molecule has 1 heterocycles. The summed E-state index contributed by atoms with van der Waals surface area (Å²) >= 11 is 0.785. The molecular weight excluding hydrogens is 404 g/mol. The first-order chi connectivity index (χ1) is 14.5. The van der Waals surface area contributed by atoms with Crippen LogP contribution in [-0.2, 0) is 16.0 Å². The van der Waals surface area contributed by atoms with Gasteiger partial charge in [0.25, 0.3) is 11.1 Å². The van der Waals surface area contributed by atoms with Crippen molar-refractivity contribution < 1.29 is 23.9 Å². The summed E-state index contributed by atoms with van der Waals surface area (Å²) in [5.74, 6) is 0.00660. The first kappa shape index (κ1) is 21.4. The molecule has 2 aromatic carbocycles. The molecule has 0 saturated carbocycles. The second kappa shape index (κ2) is 9.49. The van der Waals surface area contributed by atoms with Gasteiger partial charge in [0, 0.05) is 11.3 Å². The molecule has 1 fully saturated rings. The molecule has 30 heavy (non-hydrogen) atoms. The Morgan fingerprint density at radius 3 is 2.47 bits per heavy atom. The predicted molar refractivity (Wildman–Crippen MR) is 117 cm³/mol. The highest BCUT2D eigenvalue weighted by molar-refractivity contribution is 8.18. The van der Waals surface area contributed by atoms with Gasteiger partial charge in [-0.25, -0.2) is 0 Å². The smallest absolute Gasteiger partial charge is 0.294 e. The van der Waals surface area contributed by atoms with Crippen molar-refractivity contribution in [1.82, 2.24) is 4.90 Å². The van der Waals surface area contributed by atoms with E-state index in [1.165, 1.54) is 14.2 Å². The quantitative estimate of drug-likeness (QED) is 0.675. The number of benzene rings is 2. The van der Waals surface area contributed by atoms with Crippen molar-refractivity contribution in [2.24, 2.45) is 0 Å². The highest BCUT2D eigenvalue weighted by atomic mass is 32.2. The van der Waals surface area contributed by atoms with Crippen LogP contribution in [0.15, 0.2) is 47.4 Å². The van der Waals surface area contributed by atoms with Crippen molar-refractivity contribution in [1.29, 1.82) is 0 Å². The van der Waals surface area contributed by atoms with Crippen molar-refractivity contribution >= 4 is 40.6 Å². The van der Waals surface area contributed by atoms with E-state index in [-0.39, 0.29) is 11.4 Å². The SMILES string of the molecule is CCc1ccc(NC(=O)CN2C(=O)S/C(=C/c3cccc(OC)c3OC)C2=O)cc1. The Labute approximate surface area is 179 Å². The van der Waals surface area contributed by atoms with Crippen LogP contribution < -0.4 is 14.8 Å². The summed E-state index contributed by atoms with van der Waals surface area (Å²) in [7, 11) is 3.02. The van der Waals surface area contributed by atoms with Gasteiger partial charge in [0.15, 0.2) is 11.5 Å². The van der Waals surface area contributed by atoms with Crippen LogP contribution in [0.2, 0.25) is 0 Å². The van der Waals surface area contributed by atoms with Crippen LogP contribution >= 0.6 is 11.8 Å². The third-order valence-corrected chi connectivity index (χ3v) is 5.45. The number of thioether (sulfide) groups is 1. The van der Waals surface area contributed by atoms with E-state index in [1.807, 2.05) is 19.1 Å². The van der Waals surface area contributed by atoms with Crippen molar-refractivity contribution in [2.45, 2.75) is 13.3 Å². The first-order valence-corrected chi connectivity index (χ1v) is 10.1. The van der Waals surface area contributed by atoms with Gasteiger partial charge in [0.1, 0.15) is 6.54 Å². The third-order valence-electron chi connectivity index (χ3n) is 4.54. The zero-order valence-electron chi connectivity index (χ0n) is 16.9. The van der Waals surface area contributed by atoms with Crippen molar-refractivity contribution in [2.75, 3.05) is 26.1 Å². The maximum absolute atomic E-state index is 12.7. The Morgan fingerprint density at radius 1 is 1.10 bits per heavy atom. The number of para-hydroxylation sites is 1. The topological polar surface area (TPSA) is 84.9 Å². The molecule has 3 amide bonds. The molecule has 8 heteroatoms. The number of nitrogens with one attached hydrogen (secondary N) is 1. The molecule has 0 aromatic heterocycles. The zero-order valence-corrected chi connectivity index (χ0v) is 17.7. The number of methoxy groups -OCH3 is 2. The lowest BCUT2D eigenvalue weighted by Crippen LogP contribution is -2.36. The molecule has 1 N–H and O–H groups in total. The lowest BCUT2D eigenvalue weighted by molar-refractivity contribution is -0.127. The van der Waals surface area contributed by atoms with E-state index in [2.05, 4.69) is 5.32 Å². The minimum atomic E-state index is -0.522. The number of carbonyl (C=O) groups is 3. The van der Waals surface area contributed by atoms with Gasteiger partial charge in [-0.3, -0.25) is 19.3 Å². The standard InChI is InChI=1S/C22H22N2O5S/c1-4-14-8-10-16(11-9-14)23-19(25)13-24-21(26)18(30-22(24)27)12-15-6-5-7-17(28-2)20(15)29-3/h5-12H,4,13H2,1-3H3,(H,23,25)/b18-12+. The Balaban J connectivity index is 1.73. The summed E-state index contributed by atoms with van der Waals surface area (Å²) in [6.45, 7) is 1.69. The Morgan fingerprint density at radius 2 is 1.83 bits per heavy atom. The van der Waals surface area contributed by atoms with E-state index < -0.39 is 17.1 Å². The number of hydrogen-bond acceptors (Lipinski definition) is 6. The van der Waals surface area contributed by atoms with Crippen LogP contribution in [0.3, 0.4) is 0 Å². The minimum absolute atomic E-state index is 0.214. The van der Waals surface area contributed by atoms with Crippen LogP contribution in [0.5, 0.6) is 11.5 Å². The molecule has 2 aromatic rings. The summed E-state index contributed by atoms with van der Waals surface area (Å²) in [4.78, 5) is 38.5. The van der Waals surface area contributed by atoms with Crippen LogP contribution in [-0.4, -0.2) is 42.7 Å². The summed E-state index contributed by atoms with van der Waals surface area (Å²) in [5, 5.41) is 2.21.